The van der Waals surface area contributed by atoms with Crippen LogP contribution in [-0.4, -0.2) is 56.7 Å². The lowest BCUT2D eigenvalue weighted by Crippen LogP contribution is -2.42. The number of hydrogen-bond donors (Lipinski definition) is 0. The minimum absolute atomic E-state index is 0.0194. The molecule has 0 N–H and O–H groups in total. The van der Waals surface area contributed by atoms with Crippen molar-refractivity contribution in [2.24, 2.45) is 5.41 Å². The first kappa shape index (κ1) is 31.8. The van der Waals surface area contributed by atoms with Crippen molar-refractivity contribution in [3.63, 3.8) is 0 Å². The van der Waals surface area contributed by atoms with Crippen LogP contribution in [0.1, 0.15) is 68.2 Å². The average molecular weight is 420 g/mol. The van der Waals surface area contributed by atoms with Crippen LogP contribution < -0.4 is 0 Å². The molecule has 4 nitrogen and oxygen atoms in total. The normalized spacial score (nSPS) is 16.1. The molecule has 1 rings (SSSR count). The lowest BCUT2D eigenvalue weighted by molar-refractivity contribution is -0.120. The fourth-order valence-electron chi connectivity index (χ4n) is 2.60. The van der Waals surface area contributed by atoms with Crippen molar-refractivity contribution in [3.05, 3.63) is 23.8 Å². The van der Waals surface area contributed by atoms with E-state index in [1.54, 1.807) is 14.2 Å². The molecule has 5 heteroatoms. The fourth-order valence-corrected chi connectivity index (χ4v) is 2.69. The first-order chi connectivity index (χ1) is 13.3. The van der Waals surface area contributed by atoms with Crippen molar-refractivity contribution in [2.75, 3.05) is 39.8 Å². The fraction of sp³-hybridized carbons (Fsp3) is 0.783. The molecular formula is C23H46ClNO3. The summed E-state index contributed by atoms with van der Waals surface area (Å²) in [5.74, 6) is 0.515. The minimum Gasteiger partial charge on any atom is -0.384 e. The van der Waals surface area contributed by atoms with Gasteiger partial charge in [-0.1, -0.05) is 45.9 Å². The maximum absolute atomic E-state index is 10.8. The maximum Gasteiger partial charge on any atom is 0.209 e. The first-order valence-electron chi connectivity index (χ1n) is 10.4. The van der Waals surface area contributed by atoms with Gasteiger partial charge in [0.05, 0.1) is 12.2 Å². The van der Waals surface area contributed by atoms with Gasteiger partial charge in [-0.3, -0.25) is 4.79 Å². The third-order valence-corrected chi connectivity index (χ3v) is 4.43. The van der Waals surface area contributed by atoms with Gasteiger partial charge in [-0.05, 0) is 46.1 Å². The lowest BCUT2D eigenvalue weighted by Gasteiger charge is -2.41. The van der Waals surface area contributed by atoms with Crippen LogP contribution in [0.15, 0.2) is 23.8 Å². The Bertz CT molecular complexity index is 407. The van der Waals surface area contributed by atoms with Crippen molar-refractivity contribution >= 4 is 18.0 Å². The van der Waals surface area contributed by atoms with Crippen LogP contribution in [0, 0.1) is 5.41 Å². The second-order valence-corrected chi connectivity index (χ2v) is 7.28. The Hall–Kier alpha value is -0.840. The zero-order chi connectivity index (χ0) is 22.6. The molecule has 0 aliphatic carbocycles. The van der Waals surface area contributed by atoms with Gasteiger partial charge in [0, 0.05) is 38.6 Å². The predicted octanol–water partition coefficient (Wildman–Crippen LogP) is 6.10. The topological polar surface area (TPSA) is 38.8 Å². The molecule has 0 unspecified atom stereocenters. The number of methoxy groups -OCH3 is 2. The molecule has 1 aliphatic rings. The van der Waals surface area contributed by atoms with E-state index >= 15 is 0 Å². The van der Waals surface area contributed by atoms with Gasteiger partial charge in [0.2, 0.25) is 6.41 Å². The molecule has 0 atom stereocenters. The van der Waals surface area contributed by atoms with Gasteiger partial charge in [-0.2, -0.15) is 0 Å². The predicted molar refractivity (Wildman–Crippen MR) is 124 cm³/mol. The summed E-state index contributed by atoms with van der Waals surface area (Å²) in [7, 11) is 3.44. The number of allylic oxidation sites excluding steroid dienone is 3. The Labute approximate surface area is 180 Å². The van der Waals surface area contributed by atoms with Crippen molar-refractivity contribution in [3.8, 4) is 0 Å². The van der Waals surface area contributed by atoms with Gasteiger partial charge in [0.15, 0.2) is 0 Å². The molecule has 0 saturated carbocycles. The van der Waals surface area contributed by atoms with Gasteiger partial charge in [0.25, 0.3) is 0 Å². The van der Waals surface area contributed by atoms with Crippen molar-refractivity contribution in [1.82, 2.24) is 4.90 Å². The van der Waals surface area contributed by atoms with Crippen LogP contribution in [-0.2, 0) is 14.3 Å². The minimum atomic E-state index is 0.0194. The van der Waals surface area contributed by atoms with E-state index in [0.717, 1.165) is 32.3 Å². The molecule has 0 radical (unpaired) electrons. The highest BCUT2D eigenvalue weighted by molar-refractivity contribution is 6.18. The highest BCUT2D eigenvalue weighted by Crippen LogP contribution is 2.39. The quantitative estimate of drug-likeness (QED) is 0.296. The summed E-state index contributed by atoms with van der Waals surface area (Å²) in [6.45, 7) is 18.4. The van der Waals surface area contributed by atoms with E-state index < -0.39 is 0 Å². The van der Waals surface area contributed by atoms with Crippen LogP contribution in [0.4, 0.5) is 0 Å². The molecule has 0 spiro atoms. The average Bonchev–Trinajstić information content (AvgIpc) is 2.72. The number of piperidine rings is 1. The third-order valence-electron chi connectivity index (χ3n) is 4.25. The highest BCUT2D eigenvalue weighted by atomic mass is 35.5. The second kappa shape index (κ2) is 19.5. The molecule has 1 saturated heterocycles. The molecule has 1 fully saturated rings. The maximum atomic E-state index is 10.8. The molecule has 168 valence electrons. The Morgan fingerprint density at radius 1 is 1.11 bits per heavy atom. The van der Waals surface area contributed by atoms with E-state index in [2.05, 4.69) is 12.2 Å². The van der Waals surface area contributed by atoms with Crippen molar-refractivity contribution in [1.29, 1.82) is 0 Å². The van der Waals surface area contributed by atoms with Crippen LogP contribution in [0.5, 0.6) is 0 Å². The van der Waals surface area contributed by atoms with Crippen LogP contribution in [0.25, 0.3) is 0 Å². The molecule has 1 aliphatic heterocycles. The van der Waals surface area contributed by atoms with E-state index in [-0.39, 0.29) is 11.0 Å². The SMILES string of the molecule is C/C=C(\C=C/CCl)C1(COC)CCN(C=O)CC1.CC.CC.COC(C)(C)C. The Kier molecular flexibility index (Phi) is 22.1. The number of likely N-dealkylation sites (tertiary alicyclic amines) is 1. The van der Waals surface area contributed by atoms with Crippen LogP contribution in [0.2, 0.25) is 0 Å². The van der Waals surface area contributed by atoms with Gasteiger partial charge in [-0.25, -0.2) is 0 Å². The van der Waals surface area contributed by atoms with Crippen molar-refractivity contribution in [2.45, 2.75) is 73.8 Å². The van der Waals surface area contributed by atoms with E-state index in [1.807, 2.05) is 66.4 Å². The smallest absolute Gasteiger partial charge is 0.209 e. The summed E-state index contributed by atoms with van der Waals surface area (Å²) in [6.07, 6.45) is 8.97. The number of hydrogen-bond acceptors (Lipinski definition) is 3. The lowest BCUT2D eigenvalue weighted by atomic mass is 9.72. The number of carbonyl (C=O) groups is 1. The second-order valence-electron chi connectivity index (χ2n) is 6.97. The number of ether oxygens (including phenoxy) is 2. The zero-order valence-electron chi connectivity index (χ0n) is 20.1. The standard InChI is InChI=1S/C14H22ClNO2.C5H12O.2C2H6/c1-3-13(5-4-8-15)14(11-18-2)6-9-16(12-17)10-7-14;1-5(2,3)6-4;2*1-2/h3-5,12H,6-11H2,1-2H3;1-4H3;2*1-2H3/b5-4-,13-3+;;;. The summed E-state index contributed by atoms with van der Waals surface area (Å²) < 4.78 is 10.3. The van der Waals surface area contributed by atoms with E-state index in [0.29, 0.717) is 12.5 Å². The number of rotatable bonds is 6. The summed E-state index contributed by atoms with van der Waals surface area (Å²) in [4.78, 5) is 12.6. The number of alkyl halides is 1. The molecule has 0 aromatic rings. The third kappa shape index (κ3) is 14.2. The number of halogens is 1. The molecular weight excluding hydrogens is 374 g/mol. The summed E-state index contributed by atoms with van der Waals surface area (Å²) in [5.41, 5.74) is 1.32. The number of nitrogens with zero attached hydrogens (tertiary/aromatic N) is 1. The number of carbonyl (C=O) groups excluding carboxylic acids is 1. The molecule has 1 heterocycles. The van der Waals surface area contributed by atoms with Crippen molar-refractivity contribution < 1.29 is 14.3 Å². The highest BCUT2D eigenvalue weighted by Gasteiger charge is 2.36. The zero-order valence-corrected chi connectivity index (χ0v) is 20.9. The Morgan fingerprint density at radius 3 is 1.86 bits per heavy atom. The van der Waals surface area contributed by atoms with Gasteiger partial charge < -0.3 is 14.4 Å². The van der Waals surface area contributed by atoms with Crippen LogP contribution in [0.3, 0.4) is 0 Å². The van der Waals surface area contributed by atoms with E-state index in [9.17, 15) is 4.79 Å². The van der Waals surface area contributed by atoms with Crippen LogP contribution >= 0.6 is 11.6 Å². The van der Waals surface area contributed by atoms with Gasteiger partial charge >= 0.3 is 0 Å². The largest absolute Gasteiger partial charge is 0.384 e. The monoisotopic (exact) mass is 419 g/mol. The Balaban J connectivity index is -0.000000526. The summed E-state index contributed by atoms with van der Waals surface area (Å²) in [6, 6.07) is 0. The summed E-state index contributed by atoms with van der Waals surface area (Å²) in [5, 5.41) is 0. The Morgan fingerprint density at radius 2 is 1.57 bits per heavy atom. The summed E-state index contributed by atoms with van der Waals surface area (Å²) >= 11 is 5.71. The first-order valence-corrected chi connectivity index (χ1v) is 10.9. The van der Waals surface area contributed by atoms with E-state index in [4.69, 9.17) is 21.1 Å². The molecule has 0 aromatic carbocycles. The molecule has 0 bridgehead atoms. The molecule has 28 heavy (non-hydrogen) atoms. The molecule has 1 amide bonds. The number of amides is 1. The van der Waals surface area contributed by atoms with Gasteiger partial charge in [-0.15, -0.1) is 11.6 Å². The van der Waals surface area contributed by atoms with Gasteiger partial charge in [0.1, 0.15) is 0 Å². The molecule has 0 aromatic heterocycles. The van der Waals surface area contributed by atoms with E-state index in [1.165, 1.54) is 5.57 Å².